The number of halogens is 1. The third-order valence-corrected chi connectivity index (χ3v) is 5.37. The number of carbonyl (C=O) groups excluding carboxylic acids is 1. The minimum Gasteiger partial charge on any atom is -0.467 e. The van der Waals surface area contributed by atoms with Crippen molar-refractivity contribution >= 4 is 28.1 Å². The first-order valence-corrected chi connectivity index (χ1v) is 9.59. The van der Waals surface area contributed by atoms with Gasteiger partial charge in [0.05, 0.1) is 18.5 Å². The average Bonchev–Trinajstić information content (AvgIpc) is 3.39. The van der Waals surface area contributed by atoms with Gasteiger partial charge in [-0.2, -0.15) is 0 Å². The first-order valence-electron chi connectivity index (χ1n) is 8.71. The van der Waals surface area contributed by atoms with Gasteiger partial charge in [-0.3, -0.25) is 4.79 Å². The number of hydrogen-bond acceptors (Lipinski definition) is 6. The highest BCUT2D eigenvalue weighted by molar-refractivity contribution is 7.13. The first kappa shape index (κ1) is 17.5. The fraction of sp³-hybridized carbons (Fsp3) is 0.263. The van der Waals surface area contributed by atoms with E-state index in [1.165, 1.54) is 17.4 Å². The quantitative estimate of drug-likeness (QED) is 0.730. The van der Waals surface area contributed by atoms with Gasteiger partial charge in [0, 0.05) is 31.6 Å². The van der Waals surface area contributed by atoms with E-state index < -0.39 is 0 Å². The molecular formula is C19H19FN4O2S. The van der Waals surface area contributed by atoms with Crippen molar-refractivity contribution in [1.29, 1.82) is 0 Å². The van der Waals surface area contributed by atoms with Gasteiger partial charge in [0.15, 0.2) is 5.13 Å². The van der Waals surface area contributed by atoms with E-state index in [0.717, 1.165) is 18.2 Å². The second kappa shape index (κ2) is 7.79. The first-order chi connectivity index (χ1) is 13.2. The predicted molar refractivity (Wildman–Crippen MR) is 103 cm³/mol. The third kappa shape index (κ3) is 3.95. The molecule has 3 heterocycles. The second-order valence-corrected chi connectivity index (χ2v) is 7.04. The van der Waals surface area contributed by atoms with Crippen molar-refractivity contribution in [2.75, 3.05) is 36.0 Å². The molecule has 1 N–H and O–H groups in total. The monoisotopic (exact) mass is 386 g/mol. The standard InChI is InChI=1S/C19H19FN4O2S/c20-15-5-1-2-6-17(15)23-7-9-24(10-8-23)19-22-16(13-27-19)18(25)21-12-14-4-3-11-26-14/h1-6,11,13H,7-10,12H2,(H,21,25). The van der Waals surface area contributed by atoms with Crippen molar-refractivity contribution in [3.8, 4) is 0 Å². The van der Waals surface area contributed by atoms with Crippen molar-refractivity contribution in [3.63, 3.8) is 0 Å². The minimum atomic E-state index is -0.223. The summed E-state index contributed by atoms with van der Waals surface area (Å²) in [6.45, 7) is 3.21. The maximum Gasteiger partial charge on any atom is 0.271 e. The molecule has 0 spiro atoms. The lowest BCUT2D eigenvalue weighted by molar-refractivity contribution is 0.0944. The zero-order valence-electron chi connectivity index (χ0n) is 14.6. The fourth-order valence-electron chi connectivity index (χ4n) is 3.03. The van der Waals surface area contributed by atoms with Crippen LogP contribution >= 0.6 is 11.3 Å². The van der Waals surface area contributed by atoms with Crippen LogP contribution in [0.15, 0.2) is 52.5 Å². The molecule has 140 valence electrons. The summed E-state index contributed by atoms with van der Waals surface area (Å²) >= 11 is 1.45. The molecule has 0 saturated carbocycles. The number of anilines is 2. The molecule has 0 unspecified atom stereocenters. The Labute approximate surface area is 160 Å². The summed E-state index contributed by atoms with van der Waals surface area (Å²) in [5.41, 5.74) is 1.03. The van der Waals surface area contributed by atoms with Crippen LogP contribution in [-0.2, 0) is 6.54 Å². The molecule has 1 aromatic carbocycles. The zero-order chi connectivity index (χ0) is 18.6. The van der Waals surface area contributed by atoms with Crippen molar-refractivity contribution in [2.24, 2.45) is 0 Å². The number of thiazole rings is 1. The Hall–Kier alpha value is -2.87. The summed E-state index contributed by atoms with van der Waals surface area (Å²) in [4.78, 5) is 20.9. The van der Waals surface area contributed by atoms with E-state index in [4.69, 9.17) is 4.42 Å². The molecule has 1 amide bonds. The lowest BCUT2D eigenvalue weighted by atomic mass is 10.2. The Bertz CT molecular complexity index is 904. The van der Waals surface area contributed by atoms with Crippen LogP contribution in [-0.4, -0.2) is 37.1 Å². The minimum absolute atomic E-state index is 0.198. The SMILES string of the molecule is O=C(NCc1ccco1)c1csc(N2CCN(c3ccccc3F)CC2)n1. The van der Waals surface area contributed by atoms with Crippen LogP contribution in [0.25, 0.3) is 0 Å². The van der Waals surface area contributed by atoms with Crippen LogP contribution in [0, 0.1) is 5.82 Å². The largest absolute Gasteiger partial charge is 0.467 e. The molecular weight excluding hydrogens is 367 g/mol. The maximum absolute atomic E-state index is 13.9. The number of para-hydroxylation sites is 1. The summed E-state index contributed by atoms with van der Waals surface area (Å²) in [5, 5.41) is 5.37. The smallest absolute Gasteiger partial charge is 0.271 e. The summed E-state index contributed by atoms with van der Waals surface area (Å²) in [6.07, 6.45) is 1.57. The molecule has 2 aromatic heterocycles. The molecule has 0 radical (unpaired) electrons. The van der Waals surface area contributed by atoms with E-state index >= 15 is 0 Å². The van der Waals surface area contributed by atoms with Gasteiger partial charge in [-0.1, -0.05) is 12.1 Å². The lowest BCUT2D eigenvalue weighted by Crippen LogP contribution is -2.46. The zero-order valence-corrected chi connectivity index (χ0v) is 15.4. The van der Waals surface area contributed by atoms with Crippen LogP contribution in [0.2, 0.25) is 0 Å². The predicted octanol–water partition coefficient (Wildman–Crippen LogP) is 3.13. The number of nitrogens with zero attached hydrogens (tertiary/aromatic N) is 3. The highest BCUT2D eigenvalue weighted by Crippen LogP contribution is 2.25. The molecule has 3 aromatic rings. The number of hydrogen-bond donors (Lipinski definition) is 1. The summed E-state index contributed by atoms with van der Waals surface area (Å²) in [6, 6.07) is 10.4. The van der Waals surface area contributed by atoms with Gasteiger partial charge in [-0.25, -0.2) is 9.37 Å². The number of piperazine rings is 1. The van der Waals surface area contributed by atoms with Crippen molar-refractivity contribution < 1.29 is 13.6 Å². The Balaban J connectivity index is 1.34. The Morgan fingerprint density at radius 3 is 2.67 bits per heavy atom. The number of nitrogens with one attached hydrogen (secondary N) is 1. The molecule has 1 fully saturated rings. The highest BCUT2D eigenvalue weighted by Gasteiger charge is 2.22. The number of carbonyl (C=O) groups is 1. The summed E-state index contributed by atoms with van der Waals surface area (Å²) in [7, 11) is 0. The maximum atomic E-state index is 13.9. The van der Waals surface area contributed by atoms with Crippen LogP contribution < -0.4 is 15.1 Å². The van der Waals surface area contributed by atoms with Crippen LogP contribution in [0.3, 0.4) is 0 Å². The molecule has 0 atom stereocenters. The van der Waals surface area contributed by atoms with Crippen LogP contribution in [0.1, 0.15) is 16.2 Å². The molecule has 1 aliphatic rings. The van der Waals surface area contributed by atoms with E-state index in [-0.39, 0.29) is 11.7 Å². The van der Waals surface area contributed by atoms with Gasteiger partial charge in [0.25, 0.3) is 5.91 Å². The van der Waals surface area contributed by atoms with Crippen molar-refractivity contribution in [3.05, 3.63) is 65.3 Å². The third-order valence-electron chi connectivity index (χ3n) is 4.47. The number of aromatic nitrogens is 1. The molecule has 8 heteroatoms. The van der Waals surface area contributed by atoms with E-state index in [0.29, 0.717) is 36.8 Å². The summed E-state index contributed by atoms with van der Waals surface area (Å²) in [5.74, 6) is 0.276. The highest BCUT2D eigenvalue weighted by atomic mass is 32.1. The molecule has 4 rings (SSSR count). The number of furan rings is 1. The number of amides is 1. The molecule has 1 aliphatic heterocycles. The second-order valence-electron chi connectivity index (χ2n) is 6.20. The Morgan fingerprint density at radius 1 is 1.15 bits per heavy atom. The van der Waals surface area contributed by atoms with Gasteiger partial charge >= 0.3 is 0 Å². The van der Waals surface area contributed by atoms with Gasteiger partial charge < -0.3 is 19.5 Å². The normalized spacial score (nSPS) is 14.4. The van der Waals surface area contributed by atoms with Gasteiger partial charge in [0.1, 0.15) is 17.3 Å². The number of benzene rings is 1. The molecule has 0 bridgehead atoms. The van der Waals surface area contributed by atoms with Gasteiger partial charge in [-0.05, 0) is 24.3 Å². The van der Waals surface area contributed by atoms with E-state index in [2.05, 4.69) is 15.2 Å². The molecule has 6 nitrogen and oxygen atoms in total. The molecule has 1 saturated heterocycles. The van der Waals surface area contributed by atoms with Crippen LogP contribution in [0.5, 0.6) is 0 Å². The average molecular weight is 386 g/mol. The number of rotatable bonds is 5. The van der Waals surface area contributed by atoms with Crippen molar-refractivity contribution in [2.45, 2.75) is 6.54 Å². The fourth-order valence-corrected chi connectivity index (χ4v) is 3.89. The Kier molecular flexibility index (Phi) is 5.06. The van der Waals surface area contributed by atoms with E-state index in [1.54, 1.807) is 29.8 Å². The van der Waals surface area contributed by atoms with Crippen LogP contribution in [0.4, 0.5) is 15.2 Å². The van der Waals surface area contributed by atoms with Gasteiger partial charge in [-0.15, -0.1) is 11.3 Å². The van der Waals surface area contributed by atoms with Crippen molar-refractivity contribution in [1.82, 2.24) is 10.3 Å². The topological polar surface area (TPSA) is 61.6 Å². The lowest BCUT2D eigenvalue weighted by Gasteiger charge is -2.36. The Morgan fingerprint density at radius 2 is 1.93 bits per heavy atom. The molecule has 0 aliphatic carbocycles. The van der Waals surface area contributed by atoms with E-state index in [1.807, 2.05) is 17.0 Å². The van der Waals surface area contributed by atoms with E-state index in [9.17, 15) is 9.18 Å². The summed E-state index contributed by atoms with van der Waals surface area (Å²) < 4.78 is 19.1. The molecule has 27 heavy (non-hydrogen) atoms. The van der Waals surface area contributed by atoms with Gasteiger partial charge in [0.2, 0.25) is 0 Å².